The first-order valence-corrected chi connectivity index (χ1v) is 11.5. The number of fused-ring (bicyclic) bond motifs is 3. The van der Waals surface area contributed by atoms with Crippen LogP contribution in [0.3, 0.4) is 0 Å². The van der Waals surface area contributed by atoms with Gasteiger partial charge >= 0.3 is 5.97 Å². The summed E-state index contributed by atoms with van der Waals surface area (Å²) in [5.41, 5.74) is 0.990. The predicted molar refractivity (Wildman–Crippen MR) is 120 cm³/mol. The van der Waals surface area contributed by atoms with E-state index in [0.717, 1.165) is 31.3 Å². The number of aliphatic hydroxyl groups is 2. The summed E-state index contributed by atoms with van der Waals surface area (Å²) in [5.74, 6) is -0.530. The number of hydrogen-bond acceptors (Lipinski definition) is 7. The molecule has 2 bridgehead atoms. The maximum atomic E-state index is 12.4. The second-order valence-corrected chi connectivity index (χ2v) is 8.74. The quantitative estimate of drug-likeness (QED) is 0.388. The van der Waals surface area contributed by atoms with Crippen LogP contribution < -0.4 is 0 Å². The Bertz CT molecular complexity index is 713. The molecule has 7 nitrogen and oxygen atoms in total. The highest BCUT2D eigenvalue weighted by atomic mass is 16.6. The summed E-state index contributed by atoms with van der Waals surface area (Å²) in [7, 11) is 1.56. The molecule has 7 heteroatoms. The first kappa shape index (κ1) is 24.9. The first-order chi connectivity index (χ1) is 15.5. The third-order valence-electron chi connectivity index (χ3n) is 6.00. The van der Waals surface area contributed by atoms with Crippen molar-refractivity contribution in [1.29, 1.82) is 0 Å². The Morgan fingerprint density at radius 2 is 2.16 bits per heavy atom. The summed E-state index contributed by atoms with van der Waals surface area (Å²) in [4.78, 5) is 12.4. The molecular weight excluding hydrogens is 412 g/mol. The number of hydrogen-bond donors (Lipinski definition) is 2. The minimum atomic E-state index is -1.00. The molecule has 32 heavy (non-hydrogen) atoms. The van der Waals surface area contributed by atoms with E-state index >= 15 is 0 Å². The van der Waals surface area contributed by atoms with Crippen LogP contribution in [-0.4, -0.2) is 72.6 Å². The molecule has 4 unspecified atom stereocenters. The van der Waals surface area contributed by atoms with E-state index in [1.54, 1.807) is 25.3 Å². The van der Waals surface area contributed by atoms with Gasteiger partial charge in [-0.2, -0.15) is 0 Å². The molecule has 3 heterocycles. The topological polar surface area (TPSA) is 97.8 Å². The van der Waals surface area contributed by atoms with Crippen molar-refractivity contribution in [3.05, 3.63) is 48.6 Å². The summed E-state index contributed by atoms with van der Waals surface area (Å²) in [6, 6.07) is 0. The van der Waals surface area contributed by atoms with Gasteiger partial charge in [0.15, 0.2) is 0 Å². The van der Waals surface area contributed by atoms with Gasteiger partial charge in [0.1, 0.15) is 18.3 Å². The molecule has 3 aliphatic heterocycles. The fourth-order valence-corrected chi connectivity index (χ4v) is 4.22. The Labute approximate surface area is 190 Å². The zero-order chi connectivity index (χ0) is 22.9. The Kier molecular flexibility index (Phi) is 9.69. The van der Waals surface area contributed by atoms with E-state index in [1.165, 1.54) is 6.08 Å². The van der Waals surface area contributed by atoms with Crippen molar-refractivity contribution in [3.63, 3.8) is 0 Å². The van der Waals surface area contributed by atoms with Gasteiger partial charge in [-0.1, -0.05) is 42.5 Å². The molecule has 0 aromatic carbocycles. The van der Waals surface area contributed by atoms with Crippen molar-refractivity contribution in [2.24, 2.45) is 0 Å². The van der Waals surface area contributed by atoms with Crippen LogP contribution in [0.25, 0.3) is 0 Å². The average Bonchev–Trinajstić information content (AvgIpc) is 3.52. The van der Waals surface area contributed by atoms with Gasteiger partial charge in [0.2, 0.25) is 0 Å². The summed E-state index contributed by atoms with van der Waals surface area (Å²) < 4.78 is 22.3. The summed E-state index contributed by atoms with van der Waals surface area (Å²) >= 11 is 0. The van der Waals surface area contributed by atoms with Gasteiger partial charge in [0, 0.05) is 19.6 Å². The van der Waals surface area contributed by atoms with Crippen LogP contribution in [-0.2, 0) is 23.7 Å². The zero-order valence-electron chi connectivity index (χ0n) is 18.8. The largest absolute Gasteiger partial charge is 0.456 e. The number of aliphatic hydroxyl groups excluding tert-OH is 2. The van der Waals surface area contributed by atoms with Gasteiger partial charge in [-0.3, -0.25) is 0 Å². The molecule has 0 spiro atoms. The molecule has 178 valence electrons. The lowest BCUT2D eigenvalue weighted by molar-refractivity contribution is -0.148. The van der Waals surface area contributed by atoms with Gasteiger partial charge in [-0.15, -0.1) is 0 Å². The lowest BCUT2D eigenvalue weighted by Gasteiger charge is -2.25. The van der Waals surface area contributed by atoms with Gasteiger partial charge in [-0.05, 0) is 38.5 Å². The van der Waals surface area contributed by atoms with Crippen LogP contribution >= 0.6 is 0 Å². The van der Waals surface area contributed by atoms with Crippen molar-refractivity contribution < 1.29 is 34.0 Å². The lowest BCUT2D eigenvalue weighted by atomic mass is 9.97. The van der Waals surface area contributed by atoms with Crippen molar-refractivity contribution in [3.8, 4) is 0 Å². The molecule has 0 amide bonds. The van der Waals surface area contributed by atoms with Crippen LogP contribution in [0.2, 0.25) is 0 Å². The number of epoxide rings is 1. The van der Waals surface area contributed by atoms with E-state index in [1.807, 2.05) is 6.08 Å². The van der Waals surface area contributed by atoms with Crippen molar-refractivity contribution in [2.75, 3.05) is 13.7 Å². The van der Waals surface area contributed by atoms with E-state index in [-0.39, 0.29) is 24.4 Å². The highest BCUT2D eigenvalue weighted by Gasteiger charge is 2.46. The smallest absolute Gasteiger partial charge is 0.330 e. The van der Waals surface area contributed by atoms with Crippen LogP contribution in [0.5, 0.6) is 0 Å². The molecule has 1 fully saturated rings. The number of carbonyl (C=O) groups excluding carboxylic acids is 1. The minimum absolute atomic E-state index is 0.0688. The van der Waals surface area contributed by atoms with Crippen molar-refractivity contribution in [1.82, 2.24) is 0 Å². The fourth-order valence-electron chi connectivity index (χ4n) is 4.22. The molecule has 2 N–H and O–H groups in total. The minimum Gasteiger partial charge on any atom is -0.456 e. The average molecular weight is 449 g/mol. The monoisotopic (exact) mass is 448 g/mol. The summed E-state index contributed by atoms with van der Waals surface area (Å²) in [5, 5.41) is 21.1. The maximum Gasteiger partial charge on any atom is 0.330 e. The number of methoxy groups -OCH3 is 1. The summed E-state index contributed by atoms with van der Waals surface area (Å²) in [6.07, 6.45) is 12.5. The summed E-state index contributed by atoms with van der Waals surface area (Å²) in [6.45, 7) is 4.46. The van der Waals surface area contributed by atoms with E-state index in [9.17, 15) is 15.0 Å². The van der Waals surface area contributed by atoms with E-state index in [0.29, 0.717) is 25.9 Å². The second-order valence-electron chi connectivity index (χ2n) is 8.74. The number of ether oxygens (including phenoxy) is 4. The fraction of sp³-hybridized carbons (Fsp3) is 0.640. The van der Waals surface area contributed by atoms with Gasteiger partial charge in [0.25, 0.3) is 0 Å². The number of carbonyl (C=O) groups is 1. The number of rotatable bonds is 4. The molecule has 0 radical (unpaired) electrons. The third-order valence-corrected chi connectivity index (χ3v) is 6.00. The molecule has 0 saturated carbocycles. The van der Waals surface area contributed by atoms with Gasteiger partial charge in [-0.25, -0.2) is 4.79 Å². The molecular formula is C25H36O7. The van der Waals surface area contributed by atoms with E-state index < -0.39 is 24.3 Å². The highest BCUT2D eigenvalue weighted by Crippen LogP contribution is 2.34. The van der Waals surface area contributed by atoms with Crippen molar-refractivity contribution >= 4 is 5.97 Å². The Morgan fingerprint density at radius 3 is 2.97 bits per heavy atom. The van der Waals surface area contributed by atoms with Gasteiger partial charge in [0.05, 0.1) is 31.0 Å². The SMILES string of the molecule is C=C1CCC[C@@H]2CC=CC(C/C=C\C(=O)OC(C(O)/C=C/COC)C[C@@H]3OC3[C@@H](O)C1)O2. The van der Waals surface area contributed by atoms with Gasteiger partial charge < -0.3 is 29.2 Å². The van der Waals surface area contributed by atoms with E-state index in [2.05, 4.69) is 12.7 Å². The predicted octanol–water partition coefficient (Wildman–Crippen LogP) is 2.77. The molecule has 0 aromatic rings. The molecule has 0 aliphatic carbocycles. The maximum absolute atomic E-state index is 12.4. The normalized spacial score (nSPS) is 36.6. The van der Waals surface area contributed by atoms with Crippen LogP contribution in [0.4, 0.5) is 0 Å². The Morgan fingerprint density at radius 1 is 1.31 bits per heavy atom. The second kappa shape index (κ2) is 12.5. The third kappa shape index (κ3) is 7.98. The van der Waals surface area contributed by atoms with Crippen LogP contribution in [0, 0.1) is 0 Å². The van der Waals surface area contributed by atoms with Crippen LogP contribution in [0.1, 0.15) is 44.9 Å². The highest BCUT2D eigenvalue weighted by molar-refractivity contribution is 5.82. The lowest BCUT2D eigenvalue weighted by Crippen LogP contribution is -2.32. The Hall–Kier alpha value is -1.77. The standard InChI is InChI=1S/C25H36O7/c1-17-7-3-8-18-9-4-10-19(30-18)11-5-13-24(28)31-22(20(26)12-6-14-29-2)16-23-25(32-23)21(27)15-17/h4-6,10,12-13,18-23,25-27H,1,3,7-9,11,14-16H2,2H3/b12-6+,13-5-/t18-,19?,20?,21+,22?,23+,25?/m1/s1. The van der Waals surface area contributed by atoms with Crippen molar-refractivity contribution in [2.45, 2.75) is 87.7 Å². The molecule has 3 aliphatic rings. The number of cyclic esters (lactones) is 1. The molecule has 3 rings (SSSR count). The number of esters is 1. The Balaban J connectivity index is 1.68. The van der Waals surface area contributed by atoms with E-state index in [4.69, 9.17) is 18.9 Å². The first-order valence-electron chi connectivity index (χ1n) is 11.5. The zero-order valence-corrected chi connectivity index (χ0v) is 18.8. The molecule has 1 saturated heterocycles. The molecule has 0 aromatic heterocycles. The molecule has 7 atom stereocenters. The van der Waals surface area contributed by atoms with Crippen LogP contribution in [0.15, 0.2) is 48.6 Å².